The van der Waals surface area contributed by atoms with Crippen molar-refractivity contribution in [1.29, 1.82) is 0 Å². The Bertz CT molecular complexity index is 989. The van der Waals surface area contributed by atoms with E-state index in [9.17, 15) is 14.4 Å². The molecule has 4 amide bonds. The van der Waals surface area contributed by atoms with Gasteiger partial charge in [-0.15, -0.1) is 11.3 Å². The van der Waals surface area contributed by atoms with Gasteiger partial charge < -0.3 is 10.2 Å². The van der Waals surface area contributed by atoms with E-state index in [4.69, 9.17) is 0 Å². The largest absolute Gasteiger partial charge is 0.336 e. The van der Waals surface area contributed by atoms with Crippen molar-refractivity contribution < 1.29 is 14.4 Å². The van der Waals surface area contributed by atoms with Gasteiger partial charge in [-0.2, -0.15) is 0 Å². The van der Waals surface area contributed by atoms with Gasteiger partial charge in [0.25, 0.3) is 5.91 Å². The van der Waals surface area contributed by atoms with Gasteiger partial charge in [0.2, 0.25) is 5.91 Å². The smallest absolute Gasteiger partial charge is 0.325 e. The van der Waals surface area contributed by atoms with Gasteiger partial charge in [0.15, 0.2) is 0 Å². The van der Waals surface area contributed by atoms with Crippen LogP contribution in [0.2, 0.25) is 0 Å². The van der Waals surface area contributed by atoms with Crippen molar-refractivity contribution in [2.24, 2.45) is 5.92 Å². The van der Waals surface area contributed by atoms with E-state index in [0.29, 0.717) is 19.5 Å². The summed E-state index contributed by atoms with van der Waals surface area (Å²) in [5.41, 5.74) is 0.313. The Labute approximate surface area is 193 Å². The third-order valence-corrected chi connectivity index (χ3v) is 7.79. The van der Waals surface area contributed by atoms with E-state index in [1.165, 1.54) is 4.88 Å². The molecule has 1 spiro atoms. The van der Waals surface area contributed by atoms with Crippen molar-refractivity contribution >= 4 is 29.2 Å². The second kappa shape index (κ2) is 9.45. The normalized spacial score (nSPS) is 22.9. The predicted octanol–water partition coefficient (Wildman–Crippen LogP) is 4.13. The molecule has 1 saturated carbocycles. The lowest BCUT2D eigenvalue weighted by molar-refractivity contribution is -0.140. The first-order valence-electron chi connectivity index (χ1n) is 11.4. The maximum atomic E-state index is 13.3. The highest BCUT2D eigenvalue weighted by atomic mass is 32.1. The minimum Gasteiger partial charge on any atom is -0.336 e. The Kier molecular flexibility index (Phi) is 6.65. The molecule has 2 heterocycles. The molecule has 32 heavy (non-hydrogen) atoms. The fraction of sp³-hybridized carbons (Fsp3) is 0.480. The number of urea groups is 1. The van der Waals surface area contributed by atoms with Gasteiger partial charge in [0.05, 0.1) is 6.54 Å². The quantitative estimate of drug-likeness (QED) is 0.641. The molecule has 170 valence electrons. The van der Waals surface area contributed by atoms with Crippen molar-refractivity contribution in [2.45, 2.75) is 58.0 Å². The topological polar surface area (TPSA) is 69.7 Å². The number of amides is 4. The standard InChI is InChI=1S/C25H31N3O3S/c1-18-8-6-7-14-25(18)23(30)28(24(31)26-25)17-22(29)27(16-21-12-11-19(2)32-21)15-13-20-9-4-3-5-10-20/h3-5,9-12,18H,6-8,13-17H2,1-2H3,(H,26,31)/t18-,25+/m1/s1. The van der Waals surface area contributed by atoms with Crippen LogP contribution in [0.1, 0.15) is 47.9 Å². The number of imide groups is 1. The molecule has 1 aliphatic carbocycles. The molecule has 2 aliphatic rings. The Morgan fingerprint density at radius 2 is 1.97 bits per heavy atom. The van der Waals surface area contributed by atoms with Gasteiger partial charge in [0.1, 0.15) is 12.1 Å². The molecule has 1 N–H and O–H groups in total. The molecule has 6 nitrogen and oxygen atoms in total. The molecule has 1 aromatic carbocycles. The van der Waals surface area contributed by atoms with Crippen molar-refractivity contribution in [3.63, 3.8) is 0 Å². The van der Waals surface area contributed by atoms with E-state index >= 15 is 0 Å². The second-order valence-corrected chi connectivity index (χ2v) is 10.4. The summed E-state index contributed by atoms with van der Waals surface area (Å²) in [5.74, 6) is -0.356. The third-order valence-electron chi connectivity index (χ3n) is 6.80. The number of nitrogens with zero attached hydrogens (tertiary/aromatic N) is 2. The average molecular weight is 454 g/mol. The van der Waals surface area contributed by atoms with Crippen LogP contribution >= 0.6 is 11.3 Å². The lowest BCUT2D eigenvalue weighted by Gasteiger charge is -2.36. The summed E-state index contributed by atoms with van der Waals surface area (Å²) in [6.45, 7) is 4.87. The minimum absolute atomic E-state index is 0.0797. The van der Waals surface area contributed by atoms with Crippen LogP contribution in [0.25, 0.3) is 0 Å². The summed E-state index contributed by atoms with van der Waals surface area (Å²) in [7, 11) is 0. The first-order valence-corrected chi connectivity index (χ1v) is 12.2. The number of aryl methyl sites for hydroxylation is 1. The molecule has 2 fully saturated rings. The Balaban J connectivity index is 1.48. The zero-order chi connectivity index (χ0) is 22.7. The number of hydrogen-bond donors (Lipinski definition) is 1. The molecule has 1 aliphatic heterocycles. The van der Waals surface area contributed by atoms with Gasteiger partial charge >= 0.3 is 6.03 Å². The van der Waals surface area contributed by atoms with Crippen LogP contribution in [-0.4, -0.2) is 46.3 Å². The van der Waals surface area contributed by atoms with Crippen LogP contribution in [0.15, 0.2) is 42.5 Å². The van der Waals surface area contributed by atoms with Gasteiger partial charge in [-0.1, -0.05) is 50.1 Å². The summed E-state index contributed by atoms with van der Waals surface area (Å²) in [5, 5.41) is 2.94. The van der Waals surface area contributed by atoms with Crippen molar-refractivity contribution in [3.05, 3.63) is 57.8 Å². The van der Waals surface area contributed by atoms with Crippen molar-refractivity contribution in [1.82, 2.24) is 15.1 Å². The Morgan fingerprint density at radius 3 is 2.66 bits per heavy atom. The van der Waals surface area contributed by atoms with Crippen LogP contribution in [0.3, 0.4) is 0 Å². The zero-order valence-corrected chi connectivity index (χ0v) is 19.6. The molecule has 2 atom stereocenters. The number of carbonyl (C=O) groups is 3. The Morgan fingerprint density at radius 1 is 1.19 bits per heavy atom. The molecular weight excluding hydrogens is 422 g/mol. The molecule has 0 unspecified atom stereocenters. The minimum atomic E-state index is -0.838. The zero-order valence-electron chi connectivity index (χ0n) is 18.8. The van der Waals surface area contributed by atoms with E-state index in [1.807, 2.05) is 56.3 Å². The van der Waals surface area contributed by atoms with E-state index in [2.05, 4.69) is 5.32 Å². The first kappa shape index (κ1) is 22.5. The predicted molar refractivity (Wildman–Crippen MR) is 125 cm³/mol. The van der Waals surface area contributed by atoms with E-state index in [-0.39, 0.29) is 24.3 Å². The number of carbonyl (C=O) groups excluding carboxylic acids is 3. The van der Waals surface area contributed by atoms with E-state index < -0.39 is 11.6 Å². The summed E-state index contributed by atoms with van der Waals surface area (Å²) < 4.78 is 0. The van der Waals surface area contributed by atoms with Gasteiger partial charge in [-0.3, -0.25) is 14.5 Å². The second-order valence-electron chi connectivity index (χ2n) is 9.00. The molecule has 7 heteroatoms. The van der Waals surface area contributed by atoms with E-state index in [0.717, 1.165) is 41.0 Å². The van der Waals surface area contributed by atoms with Crippen LogP contribution in [0.5, 0.6) is 0 Å². The molecule has 1 aromatic heterocycles. The summed E-state index contributed by atoms with van der Waals surface area (Å²) in [6, 6.07) is 13.7. The summed E-state index contributed by atoms with van der Waals surface area (Å²) in [4.78, 5) is 44.5. The molecule has 2 aromatic rings. The number of thiophene rings is 1. The SMILES string of the molecule is Cc1ccc(CN(CCc2ccccc2)C(=O)CN2C(=O)N[C@]3(CCCC[C@H]3C)C2=O)s1. The van der Waals surface area contributed by atoms with Crippen LogP contribution in [0.4, 0.5) is 4.79 Å². The van der Waals surface area contributed by atoms with Crippen LogP contribution < -0.4 is 5.32 Å². The van der Waals surface area contributed by atoms with E-state index in [1.54, 1.807) is 16.2 Å². The highest BCUT2D eigenvalue weighted by Gasteiger charge is 2.55. The number of rotatable bonds is 7. The highest BCUT2D eigenvalue weighted by molar-refractivity contribution is 7.11. The third kappa shape index (κ3) is 4.58. The van der Waals surface area contributed by atoms with Gasteiger partial charge in [-0.25, -0.2) is 4.79 Å². The molecular formula is C25H31N3O3S. The maximum absolute atomic E-state index is 13.3. The fourth-order valence-corrected chi connectivity index (χ4v) is 5.74. The van der Waals surface area contributed by atoms with Gasteiger partial charge in [-0.05, 0) is 49.8 Å². The summed E-state index contributed by atoms with van der Waals surface area (Å²) in [6.07, 6.45) is 4.26. The molecule has 4 rings (SSSR count). The van der Waals surface area contributed by atoms with Crippen LogP contribution in [-0.2, 0) is 22.6 Å². The summed E-state index contributed by atoms with van der Waals surface area (Å²) >= 11 is 1.66. The average Bonchev–Trinajstić information content (AvgIpc) is 3.30. The lowest BCUT2D eigenvalue weighted by Crippen LogP contribution is -2.54. The number of benzene rings is 1. The number of hydrogen-bond acceptors (Lipinski definition) is 4. The highest BCUT2D eigenvalue weighted by Crippen LogP contribution is 2.38. The molecule has 0 radical (unpaired) electrons. The first-order chi connectivity index (χ1) is 15.4. The maximum Gasteiger partial charge on any atom is 0.325 e. The monoisotopic (exact) mass is 453 g/mol. The van der Waals surface area contributed by atoms with Crippen molar-refractivity contribution in [2.75, 3.05) is 13.1 Å². The molecule has 1 saturated heterocycles. The fourth-order valence-electron chi connectivity index (χ4n) is 4.83. The van der Waals surface area contributed by atoms with Crippen molar-refractivity contribution in [3.8, 4) is 0 Å². The Hall–Kier alpha value is -2.67. The number of nitrogens with one attached hydrogen (secondary N) is 1. The lowest BCUT2D eigenvalue weighted by atomic mass is 9.73. The van der Waals surface area contributed by atoms with Crippen LogP contribution in [0, 0.1) is 12.8 Å². The van der Waals surface area contributed by atoms with Gasteiger partial charge in [0, 0.05) is 16.3 Å². The molecule has 0 bridgehead atoms.